The molecule has 2 aliphatic heterocycles. The summed E-state index contributed by atoms with van der Waals surface area (Å²) >= 11 is 0. The lowest BCUT2D eigenvalue weighted by Crippen LogP contribution is -2.31. The highest BCUT2D eigenvalue weighted by Gasteiger charge is 2.41. The van der Waals surface area contributed by atoms with Gasteiger partial charge in [-0.2, -0.15) is 0 Å². The zero-order valence-corrected chi connectivity index (χ0v) is 8.05. The van der Waals surface area contributed by atoms with E-state index < -0.39 is 0 Å². The van der Waals surface area contributed by atoms with Crippen molar-refractivity contribution in [1.29, 1.82) is 0 Å². The summed E-state index contributed by atoms with van der Waals surface area (Å²) in [7, 11) is 1.83. The number of ether oxygens (including phenoxy) is 1. The van der Waals surface area contributed by atoms with E-state index in [1.807, 2.05) is 7.05 Å². The molecule has 0 aromatic carbocycles. The molecule has 2 saturated heterocycles. The summed E-state index contributed by atoms with van der Waals surface area (Å²) in [6.45, 7) is 0. The summed E-state index contributed by atoms with van der Waals surface area (Å²) in [5.41, 5.74) is 0. The van der Waals surface area contributed by atoms with Crippen molar-refractivity contribution in [3.8, 4) is 0 Å². The molecule has 0 saturated carbocycles. The molecule has 3 rings (SSSR count). The van der Waals surface area contributed by atoms with Gasteiger partial charge >= 0.3 is 0 Å². The topological polar surface area (TPSA) is 64.9 Å². The molecule has 1 N–H and O–H groups in total. The average molecular weight is 195 g/mol. The molecule has 76 valence electrons. The minimum atomic E-state index is 0.358. The third-order valence-electron chi connectivity index (χ3n) is 3.04. The molecule has 0 spiro atoms. The van der Waals surface area contributed by atoms with E-state index in [2.05, 4.69) is 20.8 Å². The Kier molecular flexibility index (Phi) is 1.70. The number of fused-ring (bicyclic) bond motifs is 2. The minimum absolute atomic E-state index is 0.358. The molecule has 1 aromatic heterocycles. The van der Waals surface area contributed by atoms with Crippen LogP contribution in [0.5, 0.6) is 0 Å². The van der Waals surface area contributed by atoms with Gasteiger partial charge in [-0.1, -0.05) is 5.10 Å². The Labute approximate surface area is 81.6 Å². The van der Waals surface area contributed by atoms with Crippen molar-refractivity contribution in [2.75, 3.05) is 5.32 Å². The van der Waals surface area contributed by atoms with Crippen LogP contribution >= 0.6 is 0 Å². The molecule has 14 heavy (non-hydrogen) atoms. The molecule has 2 fully saturated rings. The highest BCUT2D eigenvalue weighted by atomic mass is 16.5. The molecule has 3 heterocycles. The van der Waals surface area contributed by atoms with E-state index in [9.17, 15) is 0 Å². The molecule has 3 unspecified atom stereocenters. The maximum absolute atomic E-state index is 5.73. The van der Waals surface area contributed by atoms with Crippen LogP contribution in [0, 0.1) is 0 Å². The molecule has 0 amide bonds. The van der Waals surface area contributed by atoms with Gasteiger partial charge in [0.25, 0.3) is 0 Å². The normalized spacial score (nSPS) is 35.1. The zero-order valence-electron chi connectivity index (χ0n) is 8.05. The molecule has 0 aliphatic carbocycles. The summed E-state index contributed by atoms with van der Waals surface area (Å²) in [5, 5.41) is 14.6. The van der Waals surface area contributed by atoms with E-state index in [1.165, 1.54) is 6.42 Å². The van der Waals surface area contributed by atoms with E-state index in [0.29, 0.717) is 18.2 Å². The average Bonchev–Trinajstić information content (AvgIpc) is 2.83. The Balaban J connectivity index is 1.71. The Hall–Kier alpha value is -1.17. The Bertz CT molecular complexity index is 338. The van der Waals surface area contributed by atoms with Gasteiger partial charge in [-0.25, -0.2) is 4.68 Å². The van der Waals surface area contributed by atoms with Crippen molar-refractivity contribution < 1.29 is 4.74 Å². The zero-order chi connectivity index (χ0) is 9.54. The predicted molar refractivity (Wildman–Crippen MR) is 48.7 cm³/mol. The fourth-order valence-electron chi connectivity index (χ4n) is 2.31. The predicted octanol–water partition coefficient (Wildman–Crippen LogP) is -0.0581. The van der Waals surface area contributed by atoms with Crippen LogP contribution < -0.4 is 5.32 Å². The van der Waals surface area contributed by atoms with Gasteiger partial charge in [0.15, 0.2) is 0 Å². The first-order valence-corrected chi connectivity index (χ1v) is 4.97. The second kappa shape index (κ2) is 2.91. The second-order valence-corrected chi connectivity index (χ2v) is 3.99. The highest BCUT2D eigenvalue weighted by molar-refractivity contribution is 5.25. The van der Waals surface area contributed by atoms with E-state index >= 15 is 0 Å². The van der Waals surface area contributed by atoms with Crippen molar-refractivity contribution in [3.63, 3.8) is 0 Å². The Morgan fingerprint density at radius 1 is 1.50 bits per heavy atom. The molecule has 2 bridgehead atoms. The van der Waals surface area contributed by atoms with Gasteiger partial charge in [0, 0.05) is 7.05 Å². The number of hydrogen-bond donors (Lipinski definition) is 1. The molecule has 6 nitrogen and oxygen atoms in total. The second-order valence-electron chi connectivity index (χ2n) is 3.99. The van der Waals surface area contributed by atoms with Crippen LogP contribution in [-0.4, -0.2) is 38.5 Å². The van der Waals surface area contributed by atoms with Crippen LogP contribution in [-0.2, 0) is 11.8 Å². The first-order valence-electron chi connectivity index (χ1n) is 4.97. The monoisotopic (exact) mass is 195 g/mol. The lowest BCUT2D eigenvalue weighted by molar-refractivity contribution is 0.102. The number of rotatable bonds is 2. The van der Waals surface area contributed by atoms with E-state index in [0.717, 1.165) is 18.8 Å². The fourth-order valence-corrected chi connectivity index (χ4v) is 2.31. The number of aryl methyl sites for hydroxylation is 1. The smallest absolute Gasteiger partial charge is 0.242 e. The van der Waals surface area contributed by atoms with E-state index in [4.69, 9.17) is 4.74 Å². The first-order chi connectivity index (χ1) is 6.83. The van der Waals surface area contributed by atoms with Gasteiger partial charge in [-0.3, -0.25) is 0 Å². The summed E-state index contributed by atoms with van der Waals surface area (Å²) in [5.74, 6) is 0.728. The van der Waals surface area contributed by atoms with Crippen molar-refractivity contribution >= 4 is 5.95 Å². The maximum atomic E-state index is 5.73. The number of aromatic nitrogens is 4. The molecule has 3 atom stereocenters. The van der Waals surface area contributed by atoms with Crippen LogP contribution in [0.4, 0.5) is 5.95 Å². The summed E-state index contributed by atoms with van der Waals surface area (Å²) in [4.78, 5) is 0. The number of tetrazole rings is 1. The molecular formula is C8H13N5O. The maximum Gasteiger partial charge on any atom is 0.242 e. The van der Waals surface area contributed by atoms with Crippen LogP contribution in [0.25, 0.3) is 0 Å². The van der Waals surface area contributed by atoms with Crippen LogP contribution in [0.2, 0.25) is 0 Å². The fraction of sp³-hybridized carbons (Fsp3) is 0.875. The third-order valence-corrected chi connectivity index (χ3v) is 3.04. The van der Waals surface area contributed by atoms with Crippen molar-refractivity contribution in [1.82, 2.24) is 20.2 Å². The molecule has 0 radical (unpaired) electrons. The van der Waals surface area contributed by atoms with Crippen LogP contribution in [0.15, 0.2) is 0 Å². The Morgan fingerprint density at radius 3 is 3.00 bits per heavy atom. The first kappa shape index (κ1) is 8.16. The van der Waals surface area contributed by atoms with Gasteiger partial charge in [0.2, 0.25) is 5.95 Å². The number of nitrogens with zero attached hydrogens (tertiary/aromatic N) is 4. The van der Waals surface area contributed by atoms with Gasteiger partial charge < -0.3 is 10.1 Å². The van der Waals surface area contributed by atoms with Gasteiger partial charge in [-0.15, -0.1) is 0 Å². The van der Waals surface area contributed by atoms with Crippen molar-refractivity contribution in [3.05, 3.63) is 0 Å². The summed E-state index contributed by atoms with van der Waals surface area (Å²) in [6.07, 6.45) is 4.26. The van der Waals surface area contributed by atoms with Crippen LogP contribution in [0.3, 0.4) is 0 Å². The molecule has 1 aromatic rings. The molecule has 6 heteroatoms. The number of anilines is 1. The standard InChI is InChI=1S/C8H13N5O/c1-13-8(10-11-12-13)9-6-4-5-2-3-7(6)14-5/h5-7H,2-4H2,1H3,(H,9,10,12). The van der Waals surface area contributed by atoms with E-state index in [1.54, 1.807) is 4.68 Å². The number of hydrogen-bond acceptors (Lipinski definition) is 5. The van der Waals surface area contributed by atoms with Crippen molar-refractivity contribution in [2.45, 2.75) is 37.5 Å². The third kappa shape index (κ3) is 1.18. The van der Waals surface area contributed by atoms with Gasteiger partial charge in [0.05, 0.1) is 18.2 Å². The molecule has 2 aliphatic rings. The van der Waals surface area contributed by atoms with Gasteiger partial charge in [-0.05, 0) is 29.7 Å². The number of nitrogens with one attached hydrogen (secondary N) is 1. The summed E-state index contributed by atoms with van der Waals surface area (Å²) in [6, 6.07) is 0.387. The minimum Gasteiger partial charge on any atom is -0.373 e. The molecular weight excluding hydrogens is 182 g/mol. The van der Waals surface area contributed by atoms with Crippen molar-refractivity contribution in [2.24, 2.45) is 7.05 Å². The van der Waals surface area contributed by atoms with Gasteiger partial charge in [0.1, 0.15) is 0 Å². The SMILES string of the molecule is Cn1nnnc1NC1CC2CCC1O2. The lowest BCUT2D eigenvalue weighted by atomic mass is 9.96. The highest BCUT2D eigenvalue weighted by Crippen LogP contribution is 2.35. The largest absolute Gasteiger partial charge is 0.373 e. The van der Waals surface area contributed by atoms with Crippen LogP contribution in [0.1, 0.15) is 19.3 Å². The summed E-state index contributed by atoms with van der Waals surface area (Å²) < 4.78 is 7.38. The van der Waals surface area contributed by atoms with E-state index in [-0.39, 0.29) is 0 Å². The Morgan fingerprint density at radius 2 is 2.43 bits per heavy atom. The lowest BCUT2D eigenvalue weighted by Gasteiger charge is -2.19. The quantitative estimate of drug-likeness (QED) is 0.716.